The maximum atomic E-state index is 8.07. The van der Waals surface area contributed by atoms with Gasteiger partial charge in [0.25, 0.3) is 0 Å². The fourth-order valence-corrected chi connectivity index (χ4v) is 16.1. The molecule has 33 heavy (non-hydrogen) atoms. The van der Waals surface area contributed by atoms with Crippen LogP contribution in [0, 0.1) is 8.03 Å². The molecule has 2 aromatic heterocycles. The number of benzene rings is 1. The second-order valence-corrected chi connectivity index (χ2v) is 23.2. The number of imidazole rings is 2. The first kappa shape index (κ1) is 26.6. The van der Waals surface area contributed by atoms with Crippen molar-refractivity contribution in [1.29, 1.82) is 0 Å². The molecule has 0 amide bonds. The fraction of sp³-hybridized carbons (Fsp3) is 0.480. The SMILES string of the molecule is CC(C)n1ccn(C(C)C)[c]1=[Ru]([Cl])([Cl])(=[CH]c1ccc(Cl)cc1)=[c]1n(C(C)C)ccn1C(C)C. The summed E-state index contributed by atoms with van der Waals surface area (Å²) >= 11 is 6.20. The summed E-state index contributed by atoms with van der Waals surface area (Å²) in [5.74, 6) is 0. The molecule has 186 valence electrons. The van der Waals surface area contributed by atoms with Gasteiger partial charge in [-0.05, 0) is 0 Å². The van der Waals surface area contributed by atoms with E-state index in [4.69, 9.17) is 31.0 Å². The van der Waals surface area contributed by atoms with Crippen LogP contribution in [-0.4, -0.2) is 22.9 Å². The zero-order chi connectivity index (χ0) is 24.7. The monoisotopic (exact) mass is 600 g/mol. The Morgan fingerprint density at radius 3 is 1.18 bits per heavy atom. The molecule has 0 saturated heterocycles. The second kappa shape index (κ2) is 9.57. The number of hydrogen-bond acceptors (Lipinski definition) is 0. The molecule has 1 aromatic carbocycles. The van der Waals surface area contributed by atoms with Crippen LogP contribution in [0.25, 0.3) is 0 Å². The van der Waals surface area contributed by atoms with Crippen LogP contribution in [-0.2, 0) is 10.3 Å². The normalized spacial score (nSPS) is 13.8. The Bertz CT molecular complexity index is 1320. The van der Waals surface area contributed by atoms with Gasteiger partial charge in [0.15, 0.2) is 0 Å². The van der Waals surface area contributed by atoms with Crippen molar-refractivity contribution >= 4 is 35.6 Å². The second-order valence-electron chi connectivity index (χ2n) is 9.53. The average Bonchev–Trinajstić information content (AvgIpc) is 3.36. The van der Waals surface area contributed by atoms with E-state index in [0.717, 1.165) is 13.6 Å². The summed E-state index contributed by atoms with van der Waals surface area (Å²) in [5.41, 5.74) is 0.966. The van der Waals surface area contributed by atoms with Gasteiger partial charge in [-0.15, -0.1) is 0 Å². The summed E-state index contributed by atoms with van der Waals surface area (Å²) in [7, 11) is 11.4. The predicted molar refractivity (Wildman–Crippen MR) is 141 cm³/mol. The standard InChI is InChI=1S/2C9H16N2.C7H5Cl.2ClH.Ru/c2*1-8(2)10-5-6-11(7-10)9(3)4;1-6-2-4-7(8)5-3-6;;;/h2*5-6,8-9H,1-4H3;1-5H;2*1H;/q;;;;;+2/p-2. The van der Waals surface area contributed by atoms with Crippen molar-refractivity contribution in [3.8, 4) is 0 Å². The Balaban J connectivity index is 3.00. The summed E-state index contributed by atoms with van der Waals surface area (Å²) in [5, 5.41) is 0.688. The molecule has 3 aromatic rings. The maximum absolute atomic E-state index is 8.07. The Morgan fingerprint density at radius 2 is 0.909 bits per heavy atom. The molecule has 0 unspecified atom stereocenters. The van der Waals surface area contributed by atoms with Crippen molar-refractivity contribution in [2.45, 2.75) is 79.6 Å². The quantitative estimate of drug-likeness (QED) is 0.262. The molecule has 0 fully saturated rings. The molecule has 4 nitrogen and oxygen atoms in total. The van der Waals surface area contributed by atoms with Crippen LogP contribution in [0.1, 0.15) is 85.1 Å². The number of halogens is 3. The molecule has 0 aliphatic rings. The number of nitrogens with zero attached hydrogens (tertiary/aromatic N) is 4. The van der Waals surface area contributed by atoms with Crippen molar-refractivity contribution in [3.05, 3.63) is 67.7 Å². The summed E-state index contributed by atoms with van der Waals surface area (Å²) in [6.45, 7) is 17.4. The van der Waals surface area contributed by atoms with Crippen LogP contribution in [0.3, 0.4) is 0 Å². The molecule has 2 heterocycles. The van der Waals surface area contributed by atoms with Gasteiger partial charge in [-0.2, -0.15) is 0 Å². The van der Waals surface area contributed by atoms with E-state index in [1.54, 1.807) is 0 Å². The molecular formula is C25H37Cl3N4Ru. The third-order valence-corrected chi connectivity index (χ3v) is 15.7. The van der Waals surface area contributed by atoms with Crippen LogP contribution in [0.2, 0.25) is 5.02 Å². The van der Waals surface area contributed by atoms with Gasteiger partial charge in [-0.25, -0.2) is 0 Å². The van der Waals surface area contributed by atoms with E-state index in [2.05, 4.69) is 103 Å². The van der Waals surface area contributed by atoms with Gasteiger partial charge in [0.05, 0.1) is 0 Å². The zero-order valence-corrected chi connectivity index (χ0v) is 24.8. The van der Waals surface area contributed by atoms with Gasteiger partial charge < -0.3 is 0 Å². The van der Waals surface area contributed by atoms with Crippen LogP contribution in [0.4, 0.5) is 0 Å². The van der Waals surface area contributed by atoms with E-state index in [1.807, 2.05) is 24.3 Å². The molecule has 8 heteroatoms. The summed E-state index contributed by atoms with van der Waals surface area (Å²) < 4.78 is 13.1. The van der Waals surface area contributed by atoms with Crippen LogP contribution >= 0.6 is 31.0 Å². The van der Waals surface area contributed by atoms with Gasteiger partial charge in [0.1, 0.15) is 0 Å². The molecule has 0 radical (unpaired) electrons. The molecule has 0 bridgehead atoms. The van der Waals surface area contributed by atoms with E-state index in [1.165, 1.54) is 0 Å². The minimum absolute atomic E-state index is 0.199. The summed E-state index contributed by atoms with van der Waals surface area (Å²) in [6, 6.07) is 8.57. The van der Waals surface area contributed by atoms with Crippen molar-refractivity contribution < 1.29 is 10.3 Å². The van der Waals surface area contributed by atoms with E-state index in [0.29, 0.717) is 5.02 Å². The van der Waals surface area contributed by atoms with Crippen LogP contribution in [0.15, 0.2) is 49.1 Å². The zero-order valence-electron chi connectivity index (χ0n) is 20.8. The van der Waals surface area contributed by atoms with Crippen molar-refractivity contribution in [3.63, 3.8) is 0 Å². The van der Waals surface area contributed by atoms with E-state index < -0.39 is 10.3 Å². The molecule has 0 N–H and O–H groups in total. The Kier molecular flexibility index (Phi) is 7.72. The minimum atomic E-state index is -4.71. The molecular weight excluding hydrogens is 564 g/mol. The Labute approximate surface area is 210 Å². The van der Waals surface area contributed by atoms with E-state index >= 15 is 0 Å². The first-order valence-corrected chi connectivity index (χ1v) is 19.0. The molecule has 0 spiro atoms. The van der Waals surface area contributed by atoms with Crippen molar-refractivity contribution in [2.24, 2.45) is 0 Å². The van der Waals surface area contributed by atoms with Gasteiger partial charge in [-0.3, -0.25) is 0 Å². The fourth-order valence-electron chi connectivity index (χ4n) is 3.88. The van der Waals surface area contributed by atoms with E-state index in [-0.39, 0.29) is 24.2 Å². The molecule has 3 rings (SSSR count). The van der Waals surface area contributed by atoms with E-state index in [9.17, 15) is 0 Å². The third-order valence-electron chi connectivity index (χ3n) is 5.57. The molecule has 0 saturated carbocycles. The topological polar surface area (TPSA) is 19.7 Å². The number of rotatable bonds is 5. The molecule has 0 atom stereocenters. The summed E-state index contributed by atoms with van der Waals surface area (Å²) in [4.78, 5) is 0. The number of aromatic nitrogens is 4. The van der Waals surface area contributed by atoms with Crippen molar-refractivity contribution in [2.75, 3.05) is 0 Å². The summed E-state index contributed by atoms with van der Waals surface area (Å²) in [6.07, 6.45) is 8.45. The van der Waals surface area contributed by atoms with Gasteiger partial charge in [0, 0.05) is 0 Å². The van der Waals surface area contributed by atoms with Crippen molar-refractivity contribution in [1.82, 2.24) is 18.3 Å². The third kappa shape index (κ3) is 4.89. The van der Waals surface area contributed by atoms with Crippen LogP contribution in [0.5, 0.6) is 0 Å². The average molecular weight is 601 g/mol. The van der Waals surface area contributed by atoms with Gasteiger partial charge in [0.2, 0.25) is 0 Å². The predicted octanol–water partition coefficient (Wildman–Crippen LogP) is 8.48. The first-order valence-electron chi connectivity index (χ1n) is 11.4. The van der Waals surface area contributed by atoms with Gasteiger partial charge >= 0.3 is 211 Å². The Hall–Kier alpha value is -0.997. The Morgan fingerprint density at radius 1 is 0.606 bits per heavy atom. The number of hydrogen-bond donors (Lipinski definition) is 0. The molecule has 0 aliphatic carbocycles. The van der Waals surface area contributed by atoms with Crippen LogP contribution < -0.4 is 0 Å². The van der Waals surface area contributed by atoms with Gasteiger partial charge in [-0.1, -0.05) is 0 Å². The molecule has 0 aliphatic heterocycles. The first-order chi connectivity index (χ1) is 15.3.